The standard InChI is InChI=1S/C18H19N3O3/c22-18(15-6-2-1-3-7-15)20-12-10-19(11-13-20)14-16-8-4-5-9-17(16)21(23)24/h1-9H,10-14H2/p+1. The summed E-state index contributed by atoms with van der Waals surface area (Å²) in [6, 6.07) is 16.2. The van der Waals surface area contributed by atoms with Crippen molar-refractivity contribution in [3.8, 4) is 0 Å². The Bertz CT molecular complexity index is 725. The van der Waals surface area contributed by atoms with Crippen molar-refractivity contribution < 1.29 is 14.6 Å². The van der Waals surface area contributed by atoms with Gasteiger partial charge in [-0.2, -0.15) is 0 Å². The number of amides is 1. The van der Waals surface area contributed by atoms with Crippen molar-refractivity contribution in [2.45, 2.75) is 6.54 Å². The summed E-state index contributed by atoms with van der Waals surface area (Å²) in [6.45, 7) is 3.55. The van der Waals surface area contributed by atoms with Crippen LogP contribution >= 0.6 is 0 Å². The summed E-state index contributed by atoms with van der Waals surface area (Å²) in [5.74, 6) is 0.0559. The molecule has 1 aliphatic heterocycles. The summed E-state index contributed by atoms with van der Waals surface area (Å²) >= 11 is 0. The Labute approximate surface area is 140 Å². The summed E-state index contributed by atoms with van der Waals surface area (Å²) in [4.78, 5) is 26.3. The zero-order valence-electron chi connectivity index (χ0n) is 13.4. The first-order valence-corrected chi connectivity index (χ1v) is 8.05. The molecule has 1 N–H and O–H groups in total. The van der Waals surface area contributed by atoms with Crippen LogP contribution in [0.2, 0.25) is 0 Å². The number of nitrogens with zero attached hydrogens (tertiary/aromatic N) is 2. The molecule has 0 aromatic heterocycles. The molecule has 0 bridgehead atoms. The second kappa shape index (κ2) is 7.23. The van der Waals surface area contributed by atoms with E-state index in [1.807, 2.05) is 47.4 Å². The zero-order valence-corrected chi connectivity index (χ0v) is 13.4. The maximum atomic E-state index is 12.4. The zero-order chi connectivity index (χ0) is 16.9. The first kappa shape index (κ1) is 16.1. The third-order valence-corrected chi connectivity index (χ3v) is 4.41. The fourth-order valence-corrected chi connectivity index (χ4v) is 3.07. The highest BCUT2D eigenvalue weighted by molar-refractivity contribution is 5.94. The maximum absolute atomic E-state index is 12.4. The van der Waals surface area contributed by atoms with E-state index in [9.17, 15) is 14.9 Å². The van der Waals surface area contributed by atoms with E-state index < -0.39 is 0 Å². The molecule has 0 radical (unpaired) electrons. The molecule has 0 unspecified atom stereocenters. The number of nitrogens with one attached hydrogen (secondary N) is 1. The van der Waals surface area contributed by atoms with Gasteiger partial charge in [-0.15, -0.1) is 0 Å². The van der Waals surface area contributed by atoms with Crippen LogP contribution in [0.15, 0.2) is 54.6 Å². The van der Waals surface area contributed by atoms with E-state index >= 15 is 0 Å². The summed E-state index contributed by atoms with van der Waals surface area (Å²) < 4.78 is 0. The van der Waals surface area contributed by atoms with Crippen LogP contribution in [0.4, 0.5) is 5.69 Å². The smallest absolute Gasteiger partial charge is 0.278 e. The molecule has 3 rings (SSSR count). The largest absolute Gasteiger partial charge is 0.328 e. The Morgan fingerprint density at radius 2 is 1.67 bits per heavy atom. The highest BCUT2D eigenvalue weighted by atomic mass is 16.6. The first-order chi connectivity index (χ1) is 11.6. The molecule has 0 atom stereocenters. The van der Waals surface area contributed by atoms with Crippen LogP contribution in [-0.2, 0) is 6.54 Å². The van der Waals surface area contributed by atoms with Crippen molar-refractivity contribution in [2.75, 3.05) is 26.2 Å². The van der Waals surface area contributed by atoms with Gasteiger partial charge in [0.05, 0.1) is 36.7 Å². The molecule has 24 heavy (non-hydrogen) atoms. The molecule has 0 saturated carbocycles. The maximum Gasteiger partial charge on any atom is 0.278 e. The number of nitro benzene ring substituents is 1. The number of quaternary nitrogens is 1. The molecule has 0 aliphatic carbocycles. The highest BCUT2D eigenvalue weighted by Crippen LogP contribution is 2.16. The van der Waals surface area contributed by atoms with Gasteiger partial charge in [0.1, 0.15) is 6.54 Å². The molecule has 1 heterocycles. The van der Waals surface area contributed by atoms with Gasteiger partial charge in [0, 0.05) is 11.6 Å². The number of rotatable bonds is 4. The van der Waals surface area contributed by atoms with E-state index in [2.05, 4.69) is 0 Å². The third kappa shape index (κ3) is 3.60. The predicted octanol–water partition coefficient (Wildman–Crippen LogP) is 1.14. The Morgan fingerprint density at radius 3 is 2.33 bits per heavy atom. The molecule has 1 amide bonds. The van der Waals surface area contributed by atoms with Gasteiger partial charge in [-0.1, -0.05) is 30.3 Å². The number of benzene rings is 2. The lowest BCUT2D eigenvalue weighted by atomic mass is 10.1. The normalized spacial score (nSPS) is 15.2. The number of hydrogen-bond acceptors (Lipinski definition) is 3. The Morgan fingerprint density at radius 1 is 1.04 bits per heavy atom. The van der Waals surface area contributed by atoms with E-state index in [1.165, 1.54) is 4.90 Å². The summed E-state index contributed by atoms with van der Waals surface area (Å²) in [5.41, 5.74) is 1.63. The number of para-hydroxylation sites is 1. The average Bonchev–Trinajstić information content (AvgIpc) is 2.63. The molecule has 2 aromatic carbocycles. The fraction of sp³-hybridized carbons (Fsp3) is 0.278. The lowest BCUT2D eigenvalue weighted by Crippen LogP contribution is -3.13. The molecule has 124 valence electrons. The number of hydrogen-bond donors (Lipinski definition) is 1. The van der Waals surface area contributed by atoms with Crippen molar-refractivity contribution in [1.82, 2.24) is 4.90 Å². The van der Waals surface area contributed by atoms with Crippen LogP contribution in [-0.4, -0.2) is 41.9 Å². The summed E-state index contributed by atoms with van der Waals surface area (Å²) in [5, 5.41) is 11.1. The van der Waals surface area contributed by atoms with Crippen molar-refractivity contribution in [3.05, 3.63) is 75.8 Å². The molecule has 6 nitrogen and oxygen atoms in total. The van der Waals surface area contributed by atoms with Gasteiger partial charge in [0.25, 0.3) is 11.6 Å². The van der Waals surface area contributed by atoms with Gasteiger partial charge >= 0.3 is 0 Å². The Hall–Kier alpha value is -2.73. The van der Waals surface area contributed by atoms with E-state index in [0.29, 0.717) is 25.2 Å². The van der Waals surface area contributed by atoms with Gasteiger partial charge < -0.3 is 9.80 Å². The van der Waals surface area contributed by atoms with Crippen molar-refractivity contribution in [2.24, 2.45) is 0 Å². The first-order valence-electron chi connectivity index (χ1n) is 8.05. The molecule has 1 saturated heterocycles. The van der Waals surface area contributed by atoms with E-state index in [4.69, 9.17) is 0 Å². The predicted molar refractivity (Wildman–Crippen MR) is 89.8 cm³/mol. The average molecular weight is 326 g/mol. The van der Waals surface area contributed by atoms with Gasteiger partial charge in [-0.3, -0.25) is 14.9 Å². The minimum atomic E-state index is -0.329. The van der Waals surface area contributed by atoms with Gasteiger partial charge in [0.2, 0.25) is 0 Å². The number of piperazine rings is 1. The SMILES string of the molecule is O=C(c1ccccc1)N1CC[NH+](Cc2ccccc2[N+](=O)[O-])CC1. The van der Waals surface area contributed by atoms with E-state index in [-0.39, 0.29) is 16.5 Å². The summed E-state index contributed by atoms with van der Waals surface area (Å²) in [7, 11) is 0. The van der Waals surface area contributed by atoms with Crippen molar-refractivity contribution >= 4 is 11.6 Å². The van der Waals surface area contributed by atoms with Gasteiger partial charge in [-0.05, 0) is 18.2 Å². The minimum absolute atomic E-state index is 0.0559. The molecule has 2 aromatic rings. The van der Waals surface area contributed by atoms with E-state index in [1.54, 1.807) is 12.1 Å². The lowest BCUT2D eigenvalue weighted by molar-refractivity contribution is -0.917. The monoisotopic (exact) mass is 326 g/mol. The second-order valence-electron chi connectivity index (χ2n) is 5.97. The van der Waals surface area contributed by atoms with Crippen LogP contribution in [0.5, 0.6) is 0 Å². The quantitative estimate of drug-likeness (QED) is 0.677. The lowest BCUT2D eigenvalue weighted by Gasteiger charge is -2.32. The minimum Gasteiger partial charge on any atom is -0.328 e. The summed E-state index contributed by atoms with van der Waals surface area (Å²) in [6.07, 6.45) is 0. The number of nitro groups is 1. The van der Waals surface area contributed by atoms with Crippen LogP contribution in [0, 0.1) is 10.1 Å². The Kier molecular flexibility index (Phi) is 4.86. The molecule has 1 fully saturated rings. The molecule has 1 aliphatic rings. The number of carbonyl (C=O) groups is 1. The molecule has 0 spiro atoms. The van der Waals surface area contributed by atoms with E-state index in [0.717, 1.165) is 18.7 Å². The van der Waals surface area contributed by atoms with Gasteiger partial charge in [-0.25, -0.2) is 0 Å². The third-order valence-electron chi connectivity index (χ3n) is 4.41. The van der Waals surface area contributed by atoms with Crippen LogP contribution in [0.3, 0.4) is 0 Å². The van der Waals surface area contributed by atoms with Crippen molar-refractivity contribution in [3.63, 3.8) is 0 Å². The topological polar surface area (TPSA) is 67.9 Å². The highest BCUT2D eigenvalue weighted by Gasteiger charge is 2.26. The second-order valence-corrected chi connectivity index (χ2v) is 5.97. The molecule has 6 heteroatoms. The number of carbonyl (C=O) groups excluding carboxylic acids is 1. The van der Waals surface area contributed by atoms with Crippen LogP contribution < -0.4 is 4.90 Å². The fourth-order valence-electron chi connectivity index (χ4n) is 3.07. The Balaban J connectivity index is 1.60. The van der Waals surface area contributed by atoms with Crippen LogP contribution in [0.1, 0.15) is 15.9 Å². The molecular formula is C18H20N3O3+. The van der Waals surface area contributed by atoms with Crippen molar-refractivity contribution in [1.29, 1.82) is 0 Å². The molecular weight excluding hydrogens is 306 g/mol. The van der Waals surface area contributed by atoms with Crippen LogP contribution in [0.25, 0.3) is 0 Å². The van der Waals surface area contributed by atoms with Gasteiger partial charge in [0.15, 0.2) is 0 Å².